The summed E-state index contributed by atoms with van der Waals surface area (Å²) in [6.07, 6.45) is 1.50. The van der Waals surface area contributed by atoms with E-state index in [1.165, 1.54) is 17.7 Å². The van der Waals surface area contributed by atoms with Gasteiger partial charge in [-0.25, -0.2) is 4.39 Å². The van der Waals surface area contributed by atoms with Crippen LogP contribution < -0.4 is 15.4 Å². The van der Waals surface area contributed by atoms with Gasteiger partial charge < -0.3 is 0 Å². The zero-order chi connectivity index (χ0) is 22.5. The molecule has 3 aromatic carbocycles. The van der Waals surface area contributed by atoms with Crippen molar-refractivity contribution in [3.05, 3.63) is 94.2 Å². The summed E-state index contributed by atoms with van der Waals surface area (Å²) in [6.45, 7) is 1.38. The van der Waals surface area contributed by atoms with Crippen LogP contribution in [0.25, 0.3) is 0 Å². The number of fused-ring (bicyclic) bond motifs is 1. The lowest BCUT2D eigenvalue weighted by Crippen LogP contribution is -2.44. The van der Waals surface area contributed by atoms with Crippen LogP contribution in [0.1, 0.15) is 12.0 Å². The predicted molar refractivity (Wildman–Crippen MR) is 128 cm³/mol. The van der Waals surface area contributed by atoms with Crippen molar-refractivity contribution in [3.8, 4) is 0 Å². The van der Waals surface area contributed by atoms with Gasteiger partial charge in [0.05, 0.1) is 16.4 Å². The molecule has 0 saturated heterocycles. The number of hydrogen-bond donors (Lipinski definition) is 1. The maximum absolute atomic E-state index is 12.6. The number of amides is 1. The molecule has 164 valence electrons. The van der Waals surface area contributed by atoms with Crippen molar-refractivity contribution in [2.24, 2.45) is 5.10 Å². The number of halogens is 3. The quantitative estimate of drug-likeness (QED) is 0.551. The highest BCUT2D eigenvalue weighted by Crippen LogP contribution is 2.31. The fourth-order valence-corrected chi connectivity index (χ4v) is 4.04. The molecule has 0 fully saturated rings. The zero-order valence-corrected chi connectivity index (χ0v) is 18.7. The minimum atomic E-state index is -0.178. The number of carbonyl (C=O) groups is 1. The van der Waals surface area contributed by atoms with Gasteiger partial charge >= 0.3 is 0 Å². The number of benzene rings is 3. The van der Waals surface area contributed by atoms with Gasteiger partial charge in [0.25, 0.3) is 5.91 Å². The monoisotopic (exact) mass is 470 g/mol. The summed E-state index contributed by atoms with van der Waals surface area (Å²) < 4.78 is 11.9. The fourth-order valence-electron chi connectivity index (χ4n) is 3.54. The van der Waals surface area contributed by atoms with Crippen LogP contribution in [-0.4, -0.2) is 24.7 Å². The summed E-state index contributed by atoms with van der Waals surface area (Å²) in [5, 5.41) is 9.15. The first-order valence-corrected chi connectivity index (χ1v) is 10.9. The molecule has 0 aliphatic carbocycles. The lowest BCUT2D eigenvalue weighted by molar-refractivity contribution is -0.115. The number of hydrazine groups is 1. The summed E-state index contributed by atoms with van der Waals surface area (Å²) in [5.74, 6) is -0.355. The molecule has 0 spiro atoms. The number of para-hydroxylation sites is 1. The van der Waals surface area contributed by atoms with Crippen molar-refractivity contribution in [1.29, 1.82) is 0 Å². The molecule has 2 aliphatic heterocycles. The number of carbonyl (C=O) groups excluding carboxylic acids is 1. The average Bonchev–Trinajstić information content (AvgIpc) is 3.43. The van der Waals surface area contributed by atoms with Gasteiger partial charge in [-0.3, -0.25) is 20.2 Å². The van der Waals surface area contributed by atoms with Gasteiger partial charge in [-0.15, -0.1) is 0 Å². The summed E-state index contributed by atoms with van der Waals surface area (Å²) >= 11 is 12.2. The van der Waals surface area contributed by atoms with Crippen molar-refractivity contribution >= 4 is 46.2 Å². The molecule has 5 nitrogen and oxygen atoms in total. The van der Waals surface area contributed by atoms with E-state index in [9.17, 15) is 9.18 Å². The average molecular weight is 471 g/mol. The summed E-state index contributed by atoms with van der Waals surface area (Å²) in [5.41, 5.74) is 6.49. The smallest absolute Gasteiger partial charge is 0.285 e. The minimum Gasteiger partial charge on any atom is -0.285 e. The molecular weight excluding hydrogens is 450 g/mol. The number of hydrazone groups is 1. The zero-order valence-electron chi connectivity index (χ0n) is 17.1. The normalized spacial score (nSPS) is 14.4. The summed E-state index contributed by atoms with van der Waals surface area (Å²) in [7, 11) is 0. The molecule has 8 heteroatoms. The van der Waals surface area contributed by atoms with Gasteiger partial charge in [-0.1, -0.05) is 59.6 Å². The summed E-state index contributed by atoms with van der Waals surface area (Å²) in [6, 6.07) is 21.3. The molecule has 1 amide bonds. The van der Waals surface area contributed by atoms with Gasteiger partial charge in [0, 0.05) is 24.5 Å². The lowest BCUT2D eigenvalue weighted by Gasteiger charge is -2.20. The van der Waals surface area contributed by atoms with E-state index < -0.39 is 0 Å². The molecule has 0 radical (unpaired) electrons. The largest absolute Gasteiger partial charge is 0.286 e. The Kier molecular flexibility index (Phi) is 6.93. The Hall–Kier alpha value is -3.09. The Labute approximate surface area is 196 Å². The van der Waals surface area contributed by atoms with E-state index in [2.05, 4.69) is 16.6 Å². The molecular formula is C24H21Cl2FN4O. The Morgan fingerprint density at radius 1 is 0.906 bits per heavy atom. The van der Waals surface area contributed by atoms with E-state index >= 15 is 0 Å². The van der Waals surface area contributed by atoms with Crippen molar-refractivity contribution < 1.29 is 9.18 Å². The van der Waals surface area contributed by atoms with E-state index in [1.54, 1.807) is 35.3 Å². The van der Waals surface area contributed by atoms with E-state index in [1.807, 2.05) is 29.3 Å². The molecule has 5 rings (SSSR count). The molecule has 0 saturated carbocycles. The van der Waals surface area contributed by atoms with Gasteiger partial charge in [0.1, 0.15) is 11.5 Å². The Balaban J connectivity index is 0.000000300. The molecule has 0 unspecified atom stereocenters. The third-order valence-electron chi connectivity index (χ3n) is 5.11. The lowest BCUT2D eigenvalue weighted by atomic mass is 10.2. The fraction of sp³-hybridized carbons (Fsp3) is 0.167. The van der Waals surface area contributed by atoms with Crippen LogP contribution >= 0.6 is 23.2 Å². The summed E-state index contributed by atoms with van der Waals surface area (Å²) in [4.78, 5) is 12.6. The number of nitrogens with one attached hydrogen (secondary N) is 1. The van der Waals surface area contributed by atoms with E-state index in [4.69, 9.17) is 23.2 Å². The second kappa shape index (κ2) is 10.0. The van der Waals surface area contributed by atoms with Gasteiger partial charge in [-0.05, 0) is 48.4 Å². The first-order valence-electron chi connectivity index (χ1n) is 10.2. The number of hydrogen-bond acceptors (Lipinski definition) is 4. The second-order valence-corrected chi connectivity index (χ2v) is 8.13. The molecule has 0 atom stereocenters. The minimum absolute atomic E-state index is 0.177. The molecule has 0 aromatic heterocycles. The predicted octanol–water partition coefficient (Wildman–Crippen LogP) is 5.48. The maximum atomic E-state index is 12.6. The van der Waals surface area contributed by atoms with Gasteiger partial charge in [-0.2, -0.15) is 5.10 Å². The maximum Gasteiger partial charge on any atom is 0.286 e. The van der Waals surface area contributed by atoms with Crippen LogP contribution in [0, 0.1) is 5.82 Å². The number of nitrogens with zero attached hydrogens (tertiary/aromatic N) is 3. The van der Waals surface area contributed by atoms with Crippen LogP contribution in [0.2, 0.25) is 10.0 Å². The highest BCUT2D eigenvalue weighted by atomic mass is 35.5. The van der Waals surface area contributed by atoms with Gasteiger partial charge in [0.15, 0.2) is 0 Å². The van der Waals surface area contributed by atoms with Gasteiger partial charge in [0.2, 0.25) is 0 Å². The molecule has 32 heavy (non-hydrogen) atoms. The Bertz CT molecular complexity index is 1140. The van der Waals surface area contributed by atoms with E-state index in [0.29, 0.717) is 28.7 Å². The first-order chi connectivity index (χ1) is 15.5. The van der Waals surface area contributed by atoms with Crippen LogP contribution in [-0.2, 0) is 11.2 Å². The van der Waals surface area contributed by atoms with Crippen LogP contribution in [0.4, 0.5) is 15.8 Å². The van der Waals surface area contributed by atoms with Crippen LogP contribution in [0.15, 0.2) is 77.9 Å². The molecule has 0 bridgehead atoms. The van der Waals surface area contributed by atoms with Crippen LogP contribution in [0.5, 0.6) is 0 Å². The second-order valence-electron chi connectivity index (χ2n) is 7.28. The molecule has 3 aromatic rings. The van der Waals surface area contributed by atoms with Crippen molar-refractivity contribution in [2.45, 2.75) is 12.8 Å². The number of anilines is 2. The van der Waals surface area contributed by atoms with Crippen LogP contribution in [0.3, 0.4) is 0 Å². The Morgan fingerprint density at radius 2 is 1.66 bits per heavy atom. The SMILES string of the molecule is Fc1ccccc1.O=C(NN1CCc2ccccc21)C1=NN(c2ccc(Cl)cc2Cl)CC1. The third-order valence-corrected chi connectivity index (χ3v) is 5.65. The topological polar surface area (TPSA) is 47.9 Å². The molecule has 2 heterocycles. The first kappa shape index (κ1) is 22.1. The van der Waals surface area contributed by atoms with Crippen molar-refractivity contribution in [2.75, 3.05) is 23.1 Å². The Morgan fingerprint density at radius 3 is 2.38 bits per heavy atom. The third kappa shape index (κ3) is 5.21. The van der Waals surface area contributed by atoms with Crippen molar-refractivity contribution in [1.82, 2.24) is 5.43 Å². The number of rotatable bonds is 3. The van der Waals surface area contributed by atoms with Crippen molar-refractivity contribution in [3.63, 3.8) is 0 Å². The highest BCUT2D eigenvalue weighted by molar-refractivity contribution is 6.40. The van der Waals surface area contributed by atoms with E-state index in [-0.39, 0.29) is 11.7 Å². The molecule has 1 N–H and O–H groups in total. The van der Waals surface area contributed by atoms with E-state index in [0.717, 1.165) is 24.3 Å². The molecule has 2 aliphatic rings. The standard InChI is InChI=1S/C18H16Cl2N4O.C6H5F/c19-13-5-6-17(14(20)11-13)24-10-8-15(21-24)18(25)22-23-9-7-12-3-1-2-4-16(12)23;7-6-4-2-1-3-5-6/h1-6,11H,7-10H2,(H,22,25);1-5H. The highest BCUT2D eigenvalue weighted by Gasteiger charge is 2.26.